The number of rotatable bonds is 5. The number of aryl methyl sites for hydroxylation is 2. The third-order valence-corrected chi connectivity index (χ3v) is 6.70. The molecule has 0 bridgehead atoms. The van der Waals surface area contributed by atoms with Crippen LogP contribution in [0.2, 0.25) is 0 Å². The summed E-state index contributed by atoms with van der Waals surface area (Å²) in [7, 11) is 1.57. The van der Waals surface area contributed by atoms with Gasteiger partial charge in [0.2, 0.25) is 0 Å². The normalized spacial score (nSPS) is 12.1. The van der Waals surface area contributed by atoms with Gasteiger partial charge < -0.3 is 9.47 Å². The molecule has 5 aromatic rings. The Labute approximate surface area is 193 Å². The summed E-state index contributed by atoms with van der Waals surface area (Å²) in [6, 6.07) is 15.6. The molecule has 3 aromatic carbocycles. The molecule has 0 saturated carbocycles. The van der Waals surface area contributed by atoms with Crippen LogP contribution in [0, 0.1) is 19.7 Å². The van der Waals surface area contributed by atoms with E-state index in [1.54, 1.807) is 29.7 Å². The van der Waals surface area contributed by atoms with Crippen LogP contribution in [0.1, 0.15) is 22.3 Å². The Kier molecular flexibility index (Phi) is 5.34. The fourth-order valence-electron chi connectivity index (χ4n) is 3.75. The summed E-state index contributed by atoms with van der Waals surface area (Å²) in [6.45, 7) is 4.36. The zero-order valence-corrected chi connectivity index (χ0v) is 19.2. The van der Waals surface area contributed by atoms with E-state index in [0.29, 0.717) is 27.6 Å². The minimum Gasteiger partial charge on any atom is -0.493 e. The highest BCUT2D eigenvalue weighted by molar-refractivity contribution is 7.15. The van der Waals surface area contributed by atoms with E-state index >= 15 is 0 Å². The predicted octanol–water partition coefficient (Wildman–Crippen LogP) is 4.80. The van der Waals surface area contributed by atoms with E-state index in [1.807, 2.05) is 44.2 Å². The molecule has 0 aliphatic heterocycles. The van der Waals surface area contributed by atoms with Crippen LogP contribution in [-0.2, 0) is 6.61 Å². The second-order valence-electron chi connectivity index (χ2n) is 7.85. The van der Waals surface area contributed by atoms with Gasteiger partial charge in [0.05, 0.1) is 22.7 Å². The van der Waals surface area contributed by atoms with E-state index in [2.05, 4.69) is 0 Å². The van der Waals surface area contributed by atoms with E-state index in [0.717, 1.165) is 33.3 Å². The van der Waals surface area contributed by atoms with Crippen LogP contribution in [0.3, 0.4) is 0 Å². The first-order valence-electron chi connectivity index (χ1n) is 10.4. The fraction of sp³-hybridized carbons (Fsp3) is 0.154. The zero-order valence-electron chi connectivity index (χ0n) is 18.4. The van der Waals surface area contributed by atoms with Crippen LogP contribution < -0.4 is 19.6 Å². The first-order valence-corrected chi connectivity index (χ1v) is 11.2. The Morgan fingerprint density at radius 3 is 2.61 bits per heavy atom. The average Bonchev–Trinajstić information content (AvgIpc) is 3.33. The molecule has 0 saturated heterocycles. The molecule has 0 N–H and O–H groups in total. The quantitative estimate of drug-likeness (QED) is 0.378. The second kappa shape index (κ2) is 8.33. The zero-order chi connectivity index (χ0) is 23.1. The molecule has 2 aromatic heterocycles. The predicted molar refractivity (Wildman–Crippen MR) is 129 cm³/mol. The second-order valence-corrected chi connectivity index (χ2v) is 8.86. The number of hydrogen-bond acceptors (Lipinski definition) is 5. The van der Waals surface area contributed by atoms with Gasteiger partial charge >= 0.3 is 0 Å². The highest BCUT2D eigenvalue weighted by atomic mass is 32.1. The largest absolute Gasteiger partial charge is 0.493 e. The average molecular weight is 461 g/mol. The maximum Gasteiger partial charge on any atom is 0.274 e. The van der Waals surface area contributed by atoms with Crippen molar-refractivity contribution < 1.29 is 13.9 Å². The Morgan fingerprint density at radius 2 is 1.85 bits per heavy atom. The third kappa shape index (κ3) is 3.85. The van der Waals surface area contributed by atoms with Gasteiger partial charge in [-0.05, 0) is 72.5 Å². The molecule has 7 heteroatoms. The smallest absolute Gasteiger partial charge is 0.274 e. The first kappa shape index (κ1) is 21.2. The number of benzene rings is 3. The Balaban J connectivity index is 1.48. The minimum atomic E-state index is -0.284. The Hall–Kier alpha value is -3.71. The van der Waals surface area contributed by atoms with Crippen LogP contribution in [0.25, 0.3) is 22.1 Å². The molecular formula is C26H21FN2O3S. The number of nitrogens with zero attached hydrogens (tertiary/aromatic N) is 2. The van der Waals surface area contributed by atoms with Gasteiger partial charge in [-0.25, -0.2) is 13.8 Å². The van der Waals surface area contributed by atoms with E-state index in [9.17, 15) is 9.18 Å². The maximum atomic E-state index is 13.1. The summed E-state index contributed by atoms with van der Waals surface area (Å²) in [5.41, 5.74) is 5.53. The molecule has 0 aliphatic rings. The van der Waals surface area contributed by atoms with Gasteiger partial charge in [-0.2, -0.15) is 0 Å². The Morgan fingerprint density at radius 1 is 1.06 bits per heavy atom. The number of imidazole rings is 1. The molecule has 33 heavy (non-hydrogen) atoms. The molecular weight excluding hydrogens is 439 g/mol. The molecule has 0 radical (unpaired) electrons. The van der Waals surface area contributed by atoms with Crippen molar-refractivity contribution in [3.8, 4) is 11.5 Å². The van der Waals surface area contributed by atoms with Gasteiger partial charge in [-0.3, -0.25) is 4.79 Å². The van der Waals surface area contributed by atoms with E-state index in [-0.39, 0.29) is 11.4 Å². The molecule has 0 fully saturated rings. The number of aromatic nitrogens is 2. The lowest BCUT2D eigenvalue weighted by Gasteiger charge is -2.11. The summed E-state index contributed by atoms with van der Waals surface area (Å²) in [5, 5.41) is 0. The van der Waals surface area contributed by atoms with Gasteiger partial charge in [-0.15, -0.1) is 0 Å². The monoisotopic (exact) mass is 460 g/mol. The number of hydrogen-bond donors (Lipinski definition) is 0. The molecule has 166 valence electrons. The van der Waals surface area contributed by atoms with Crippen LogP contribution in [0.4, 0.5) is 4.39 Å². The van der Waals surface area contributed by atoms with Crippen molar-refractivity contribution >= 4 is 33.4 Å². The highest BCUT2D eigenvalue weighted by Gasteiger charge is 2.14. The van der Waals surface area contributed by atoms with Gasteiger partial charge in [0, 0.05) is 0 Å². The van der Waals surface area contributed by atoms with Gasteiger partial charge in [-0.1, -0.05) is 35.6 Å². The van der Waals surface area contributed by atoms with Crippen LogP contribution in [0.15, 0.2) is 59.4 Å². The molecule has 0 unspecified atom stereocenters. The third-order valence-electron chi connectivity index (χ3n) is 5.73. The minimum absolute atomic E-state index is 0.0867. The lowest BCUT2D eigenvalue weighted by Crippen LogP contribution is -2.22. The first-order chi connectivity index (χ1) is 15.9. The van der Waals surface area contributed by atoms with Gasteiger partial charge in [0.15, 0.2) is 16.5 Å². The number of methoxy groups -OCH3 is 1. The van der Waals surface area contributed by atoms with Crippen molar-refractivity contribution in [1.29, 1.82) is 0 Å². The van der Waals surface area contributed by atoms with Crippen molar-refractivity contribution in [2.75, 3.05) is 7.11 Å². The SMILES string of the molecule is COc1cc(C=c2sc3nc4c(C)c(C)ccc4n3c2=O)ccc1OCc1ccc(F)cc1. The van der Waals surface area contributed by atoms with E-state index in [4.69, 9.17) is 14.5 Å². The number of ether oxygens (including phenoxy) is 2. The molecule has 5 rings (SSSR count). The van der Waals surface area contributed by atoms with Gasteiger partial charge in [0.1, 0.15) is 12.4 Å². The topological polar surface area (TPSA) is 52.8 Å². The fourth-order valence-corrected chi connectivity index (χ4v) is 4.73. The standard InChI is InChI=1S/C26H21FN2O3S/c1-15-4-10-20-24(16(15)2)28-26-29(20)25(30)23(33-26)13-18-7-11-21(22(12-18)31-3)32-14-17-5-8-19(27)9-6-17/h4-13H,14H2,1-3H3. The van der Waals surface area contributed by atoms with Crippen LogP contribution >= 0.6 is 11.3 Å². The van der Waals surface area contributed by atoms with Crippen LogP contribution in [-0.4, -0.2) is 16.5 Å². The van der Waals surface area contributed by atoms with Crippen molar-refractivity contribution in [3.05, 3.63) is 97.6 Å². The number of fused-ring (bicyclic) bond motifs is 3. The molecule has 5 nitrogen and oxygen atoms in total. The van der Waals surface area contributed by atoms with Crippen molar-refractivity contribution in [2.24, 2.45) is 0 Å². The summed E-state index contributed by atoms with van der Waals surface area (Å²) in [4.78, 5) is 18.5. The lowest BCUT2D eigenvalue weighted by atomic mass is 10.1. The molecule has 0 spiro atoms. The summed E-state index contributed by atoms with van der Waals surface area (Å²) >= 11 is 1.37. The summed E-state index contributed by atoms with van der Waals surface area (Å²) < 4.78 is 26.7. The number of halogens is 1. The highest BCUT2D eigenvalue weighted by Crippen LogP contribution is 2.29. The number of thiazole rings is 1. The Bertz CT molecular complexity index is 1600. The van der Waals surface area contributed by atoms with Crippen LogP contribution in [0.5, 0.6) is 11.5 Å². The molecule has 2 heterocycles. The molecule has 0 aliphatic carbocycles. The van der Waals surface area contributed by atoms with Gasteiger partial charge in [0.25, 0.3) is 5.56 Å². The lowest BCUT2D eigenvalue weighted by molar-refractivity contribution is 0.284. The summed E-state index contributed by atoms with van der Waals surface area (Å²) in [5.74, 6) is 0.837. The van der Waals surface area contributed by atoms with Crippen molar-refractivity contribution in [2.45, 2.75) is 20.5 Å². The van der Waals surface area contributed by atoms with Crippen molar-refractivity contribution in [3.63, 3.8) is 0 Å². The van der Waals surface area contributed by atoms with E-state index in [1.165, 1.54) is 23.5 Å². The maximum absolute atomic E-state index is 13.1. The summed E-state index contributed by atoms with van der Waals surface area (Å²) in [6.07, 6.45) is 1.83. The molecule has 0 amide bonds. The van der Waals surface area contributed by atoms with Crippen molar-refractivity contribution in [1.82, 2.24) is 9.38 Å². The van der Waals surface area contributed by atoms with E-state index < -0.39 is 0 Å². The molecule has 0 atom stereocenters.